The van der Waals surface area contributed by atoms with Gasteiger partial charge in [-0.2, -0.15) is 0 Å². The van der Waals surface area contributed by atoms with Gasteiger partial charge < -0.3 is 10.0 Å². The van der Waals surface area contributed by atoms with Gasteiger partial charge in [0.1, 0.15) is 0 Å². The summed E-state index contributed by atoms with van der Waals surface area (Å²) in [5, 5.41) is 10.1. The molecule has 0 bridgehead atoms. The Morgan fingerprint density at radius 2 is 1.94 bits per heavy atom. The van der Waals surface area contributed by atoms with Crippen molar-refractivity contribution in [1.82, 2.24) is 4.90 Å². The molecule has 0 radical (unpaired) electrons. The van der Waals surface area contributed by atoms with Crippen molar-refractivity contribution >= 4 is 14.8 Å². The van der Waals surface area contributed by atoms with Gasteiger partial charge in [-0.1, -0.05) is 76.7 Å². The summed E-state index contributed by atoms with van der Waals surface area (Å²) in [6, 6.07) is 11.4. The molecular weight excluding hydrogens is 411 g/mol. The maximum atomic E-state index is 14.7. The first-order valence-corrected chi connectivity index (χ1v) is 11.4. The molecular formula is C26H30F2NOP. The lowest BCUT2D eigenvalue weighted by Gasteiger charge is -2.37. The predicted molar refractivity (Wildman–Crippen MR) is 127 cm³/mol. The molecule has 0 aliphatic heterocycles. The summed E-state index contributed by atoms with van der Waals surface area (Å²) < 4.78 is 29.5. The fourth-order valence-corrected chi connectivity index (χ4v) is 5.72. The second kappa shape index (κ2) is 8.15. The average molecular weight is 442 g/mol. The smallest absolute Gasteiger partial charge is 0.269 e. The largest absolute Gasteiger partial charge is 0.394 e. The number of aryl methyl sites for hydroxylation is 1. The van der Waals surface area contributed by atoms with E-state index in [-0.39, 0.29) is 12.1 Å². The van der Waals surface area contributed by atoms with Crippen molar-refractivity contribution < 1.29 is 13.9 Å². The highest BCUT2D eigenvalue weighted by Crippen LogP contribution is 2.55. The van der Waals surface area contributed by atoms with Crippen molar-refractivity contribution in [2.24, 2.45) is 0 Å². The van der Waals surface area contributed by atoms with E-state index in [1.165, 1.54) is 0 Å². The molecule has 2 aromatic carbocycles. The molecule has 0 heterocycles. The van der Waals surface area contributed by atoms with Gasteiger partial charge in [-0.15, -0.1) is 0 Å². The minimum atomic E-state index is -2.95. The minimum Gasteiger partial charge on any atom is -0.394 e. The van der Waals surface area contributed by atoms with E-state index in [1.54, 1.807) is 21.4 Å². The van der Waals surface area contributed by atoms with Crippen LogP contribution in [0.25, 0.3) is 16.7 Å². The molecule has 1 fully saturated rings. The van der Waals surface area contributed by atoms with Gasteiger partial charge in [0.2, 0.25) is 0 Å². The Kier molecular flexibility index (Phi) is 5.83. The number of rotatable bonds is 6. The van der Waals surface area contributed by atoms with Crippen LogP contribution in [0.2, 0.25) is 0 Å². The molecule has 0 saturated heterocycles. The number of hydrogen-bond acceptors (Lipinski definition) is 2. The number of halogens is 2. The van der Waals surface area contributed by atoms with E-state index < -0.39 is 11.6 Å². The average Bonchev–Trinajstić information content (AvgIpc) is 3.34. The maximum absolute atomic E-state index is 14.7. The van der Waals surface area contributed by atoms with E-state index in [4.69, 9.17) is 0 Å². The predicted octanol–water partition coefficient (Wildman–Crippen LogP) is 6.34. The van der Waals surface area contributed by atoms with Crippen LogP contribution >= 0.6 is 9.24 Å². The van der Waals surface area contributed by atoms with Gasteiger partial charge in [-0.05, 0) is 53.2 Å². The Labute approximate surface area is 185 Å². The second-order valence-corrected chi connectivity index (χ2v) is 9.73. The first-order chi connectivity index (χ1) is 14.7. The first kappa shape index (κ1) is 22.2. The van der Waals surface area contributed by atoms with Crippen LogP contribution in [0.4, 0.5) is 8.78 Å². The number of aliphatic hydroxyl groups excluding tert-OH is 1. The van der Waals surface area contributed by atoms with Gasteiger partial charge in [0.25, 0.3) is 5.66 Å². The Morgan fingerprint density at radius 3 is 2.55 bits per heavy atom. The summed E-state index contributed by atoms with van der Waals surface area (Å²) in [5.41, 5.74) is 2.53. The molecule has 2 nitrogen and oxygen atoms in total. The van der Waals surface area contributed by atoms with Crippen LogP contribution < -0.4 is 0 Å². The highest BCUT2D eigenvalue weighted by molar-refractivity contribution is 7.18. The van der Waals surface area contributed by atoms with E-state index >= 15 is 0 Å². The molecule has 31 heavy (non-hydrogen) atoms. The summed E-state index contributed by atoms with van der Waals surface area (Å²) >= 11 is 0. The molecule has 2 aliphatic rings. The molecule has 5 heteroatoms. The molecule has 1 saturated carbocycles. The fraction of sp³-hybridized carbons (Fsp3) is 0.385. The lowest BCUT2D eigenvalue weighted by Crippen LogP contribution is -2.44. The van der Waals surface area contributed by atoms with Gasteiger partial charge >= 0.3 is 0 Å². The third kappa shape index (κ3) is 3.75. The molecule has 1 N–H and O–H groups in total. The molecule has 2 atom stereocenters. The number of hydrogen-bond donors (Lipinski definition) is 1. The van der Waals surface area contributed by atoms with Crippen molar-refractivity contribution in [3.05, 3.63) is 77.5 Å². The molecule has 1 unspecified atom stereocenters. The minimum absolute atomic E-state index is 0.0978. The number of alkyl halides is 2. The standard InChI is InChI=1S/C26H30F2NOP/c1-4-18(15-29(3)25(16-30)11-7-8-12-25)21-13-17(2)14-22-23(21)19-9-5-6-10-20(19)24(22)26(27,28)31/h4-6,9-10,13-15,24,30H,1,7-8,11-12,16,31H2,2-3H3/b18-15+/t24-/m0/s1. The molecule has 0 aromatic heterocycles. The number of allylic oxidation sites excluding steroid dienone is 2. The topological polar surface area (TPSA) is 23.5 Å². The summed E-state index contributed by atoms with van der Waals surface area (Å²) in [6.07, 6.45) is 7.90. The zero-order chi connectivity index (χ0) is 22.4. The quantitative estimate of drug-likeness (QED) is 0.418. The Bertz CT molecular complexity index is 1030. The van der Waals surface area contributed by atoms with Crippen LogP contribution in [0, 0.1) is 6.92 Å². The van der Waals surface area contributed by atoms with Crippen LogP contribution in [0.15, 0.2) is 55.3 Å². The zero-order valence-corrected chi connectivity index (χ0v) is 19.3. The Morgan fingerprint density at radius 1 is 1.26 bits per heavy atom. The van der Waals surface area contributed by atoms with Crippen molar-refractivity contribution in [1.29, 1.82) is 0 Å². The van der Waals surface area contributed by atoms with Crippen LogP contribution in [-0.4, -0.2) is 34.9 Å². The third-order valence-corrected chi connectivity index (χ3v) is 7.32. The van der Waals surface area contributed by atoms with Crippen molar-refractivity contribution in [2.75, 3.05) is 13.7 Å². The van der Waals surface area contributed by atoms with E-state index in [9.17, 15) is 13.9 Å². The number of benzene rings is 2. The summed E-state index contributed by atoms with van der Waals surface area (Å²) in [5.74, 6) is -0.996. The molecule has 2 aliphatic carbocycles. The SMILES string of the molecule is C=C/C(=C\N(C)C1(CO)CCCC1)c1cc(C)cc2c1-c1ccccc1[C@@H]2C(F)(F)P. The van der Waals surface area contributed by atoms with Gasteiger partial charge in [-0.25, -0.2) is 8.78 Å². The van der Waals surface area contributed by atoms with E-state index in [0.29, 0.717) is 11.1 Å². The third-order valence-electron chi connectivity index (χ3n) is 6.99. The molecule has 4 rings (SSSR count). The van der Waals surface area contributed by atoms with Crippen molar-refractivity contribution in [3.63, 3.8) is 0 Å². The fourth-order valence-electron chi connectivity index (χ4n) is 5.36. The Hall–Kier alpha value is -2.03. The van der Waals surface area contributed by atoms with E-state index in [1.807, 2.05) is 44.4 Å². The number of nitrogens with zero attached hydrogens (tertiary/aromatic N) is 1. The van der Waals surface area contributed by atoms with Gasteiger partial charge in [-0.3, -0.25) is 0 Å². The van der Waals surface area contributed by atoms with E-state index in [0.717, 1.165) is 53.5 Å². The van der Waals surface area contributed by atoms with Crippen LogP contribution in [-0.2, 0) is 0 Å². The summed E-state index contributed by atoms with van der Waals surface area (Å²) in [6.45, 7) is 6.08. The monoisotopic (exact) mass is 441 g/mol. The van der Waals surface area contributed by atoms with Crippen molar-refractivity contribution in [2.45, 2.75) is 49.7 Å². The molecule has 2 aromatic rings. The highest BCUT2D eigenvalue weighted by Gasteiger charge is 2.44. The number of fused-ring (bicyclic) bond motifs is 3. The normalized spacial score (nSPS) is 19.8. The second-order valence-electron chi connectivity index (χ2n) is 8.96. The Balaban J connectivity index is 1.91. The van der Waals surface area contributed by atoms with Crippen LogP contribution in [0.1, 0.15) is 53.9 Å². The zero-order valence-electron chi connectivity index (χ0n) is 18.2. The van der Waals surface area contributed by atoms with Crippen LogP contribution in [0.5, 0.6) is 0 Å². The molecule has 164 valence electrons. The van der Waals surface area contributed by atoms with Crippen molar-refractivity contribution in [3.8, 4) is 11.1 Å². The summed E-state index contributed by atoms with van der Waals surface area (Å²) in [7, 11) is 3.73. The van der Waals surface area contributed by atoms with Gasteiger partial charge in [0.05, 0.1) is 18.1 Å². The number of aliphatic hydroxyl groups is 1. The summed E-state index contributed by atoms with van der Waals surface area (Å²) in [4.78, 5) is 2.11. The lowest BCUT2D eigenvalue weighted by molar-refractivity contribution is 0.0869. The first-order valence-electron chi connectivity index (χ1n) is 10.8. The number of likely N-dealkylation sites (N-methyl/N-ethyl adjacent to an activating group) is 1. The molecule has 0 amide bonds. The van der Waals surface area contributed by atoms with Crippen LogP contribution in [0.3, 0.4) is 0 Å². The lowest BCUT2D eigenvalue weighted by atomic mass is 9.90. The maximum Gasteiger partial charge on any atom is 0.269 e. The highest BCUT2D eigenvalue weighted by atomic mass is 31.0. The van der Waals surface area contributed by atoms with Gasteiger partial charge in [0.15, 0.2) is 0 Å². The van der Waals surface area contributed by atoms with E-state index in [2.05, 4.69) is 17.5 Å². The van der Waals surface area contributed by atoms with Gasteiger partial charge in [0, 0.05) is 13.2 Å². The molecule has 0 spiro atoms.